The van der Waals surface area contributed by atoms with Crippen molar-refractivity contribution in [1.29, 1.82) is 0 Å². The van der Waals surface area contributed by atoms with E-state index in [2.05, 4.69) is 60.2 Å². The lowest BCUT2D eigenvalue weighted by atomic mass is 9.72. The molecule has 0 saturated heterocycles. The summed E-state index contributed by atoms with van der Waals surface area (Å²) in [5, 5.41) is 3.87. The number of benzene rings is 1. The highest BCUT2D eigenvalue weighted by atomic mass is 79.9. The molecule has 0 bridgehead atoms. The Morgan fingerprint density at radius 3 is 2.71 bits per heavy atom. The van der Waals surface area contributed by atoms with Crippen LogP contribution in [0.3, 0.4) is 0 Å². The zero-order valence-electron chi connectivity index (χ0n) is 13.8. The Bertz CT molecular complexity index is 443. The van der Waals surface area contributed by atoms with Gasteiger partial charge in [-0.25, -0.2) is 0 Å². The van der Waals surface area contributed by atoms with Gasteiger partial charge >= 0.3 is 0 Å². The largest absolute Gasteiger partial charge is 0.310 e. The number of hydrogen-bond acceptors (Lipinski definition) is 1. The summed E-state index contributed by atoms with van der Waals surface area (Å²) in [6, 6.07) is 7.27. The molecular formula is C19H30BrN. The van der Waals surface area contributed by atoms with Crippen molar-refractivity contribution in [2.45, 2.75) is 65.3 Å². The average Bonchev–Trinajstić information content (AvgIpc) is 2.51. The van der Waals surface area contributed by atoms with E-state index in [1.54, 1.807) is 0 Å². The fourth-order valence-electron chi connectivity index (χ4n) is 3.92. The molecule has 1 aliphatic rings. The van der Waals surface area contributed by atoms with E-state index in [0.717, 1.165) is 18.4 Å². The average molecular weight is 352 g/mol. The lowest BCUT2D eigenvalue weighted by Gasteiger charge is -2.38. The molecule has 0 amide bonds. The van der Waals surface area contributed by atoms with E-state index in [4.69, 9.17) is 0 Å². The minimum atomic E-state index is 0.521. The first kappa shape index (κ1) is 17.0. The van der Waals surface area contributed by atoms with Crippen LogP contribution < -0.4 is 5.32 Å². The Morgan fingerprint density at radius 1 is 1.24 bits per heavy atom. The summed E-state index contributed by atoms with van der Waals surface area (Å²) in [5.41, 5.74) is 2.93. The maximum atomic E-state index is 3.87. The minimum Gasteiger partial charge on any atom is -0.310 e. The van der Waals surface area contributed by atoms with Crippen LogP contribution in [-0.2, 0) is 0 Å². The molecule has 0 radical (unpaired) electrons. The second-order valence-corrected chi connectivity index (χ2v) is 7.47. The molecule has 1 aromatic rings. The van der Waals surface area contributed by atoms with Crippen LogP contribution in [0, 0.1) is 18.8 Å². The highest BCUT2D eigenvalue weighted by molar-refractivity contribution is 9.10. The van der Waals surface area contributed by atoms with Crippen molar-refractivity contribution < 1.29 is 0 Å². The van der Waals surface area contributed by atoms with Crippen molar-refractivity contribution in [3.8, 4) is 0 Å². The third-order valence-corrected chi connectivity index (χ3v) is 5.60. The van der Waals surface area contributed by atoms with Crippen molar-refractivity contribution in [1.82, 2.24) is 5.32 Å². The number of hydrogen-bond donors (Lipinski definition) is 1. The topological polar surface area (TPSA) is 12.0 Å². The number of rotatable bonds is 6. The van der Waals surface area contributed by atoms with Gasteiger partial charge in [-0.3, -0.25) is 0 Å². The molecule has 1 nitrogen and oxygen atoms in total. The zero-order valence-corrected chi connectivity index (χ0v) is 15.4. The number of nitrogens with one attached hydrogen (secondary N) is 1. The molecule has 3 unspecified atom stereocenters. The molecule has 1 aliphatic carbocycles. The number of halogens is 1. The summed E-state index contributed by atoms with van der Waals surface area (Å²) in [6.07, 6.45) is 8.14. The Labute approximate surface area is 139 Å². The molecule has 2 heteroatoms. The molecule has 1 N–H and O–H groups in total. The van der Waals surface area contributed by atoms with Gasteiger partial charge in [-0.2, -0.15) is 0 Å². The van der Waals surface area contributed by atoms with E-state index < -0.39 is 0 Å². The summed E-state index contributed by atoms with van der Waals surface area (Å²) < 4.78 is 1.20. The lowest BCUT2D eigenvalue weighted by molar-refractivity contribution is 0.175. The van der Waals surface area contributed by atoms with E-state index in [9.17, 15) is 0 Å². The van der Waals surface area contributed by atoms with Crippen LogP contribution in [0.1, 0.15) is 69.5 Å². The van der Waals surface area contributed by atoms with Crippen LogP contribution in [0.25, 0.3) is 0 Å². The maximum absolute atomic E-state index is 3.87. The van der Waals surface area contributed by atoms with Gasteiger partial charge in [0.15, 0.2) is 0 Å². The highest BCUT2D eigenvalue weighted by Gasteiger charge is 2.32. The Hall–Kier alpha value is -0.340. The van der Waals surface area contributed by atoms with Gasteiger partial charge in [-0.15, -0.1) is 0 Å². The molecule has 0 heterocycles. The predicted molar refractivity (Wildman–Crippen MR) is 95.7 cm³/mol. The van der Waals surface area contributed by atoms with E-state index in [0.29, 0.717) is 6.04 Å². The third-order valence-electron chi connectivity index (χ3n) is 5.11. The van der Waals surface area contributed by atoms with Crippen LogP contribution in [0.4, 0.5) is 0 Å². The highest BCUT2D eigenvalue weighted by Crippen LogP contribution is 2.41. The van der Waals surface area contributed by atoms with Crippen molar-refractivity contribution in [2.75, 3.05) is 6.54 Å². The normalized spacial score (nSPS) is 24.0. The molecule has 1 aromatic carbocycles. The van der Waals surface area contributed by atoms with Gasteiger partial charge in [0.25, 0.3) is 0 Å². The van der Waals surface area contributed by atoms with Gasteiger partial charge in [-0.05, 0) is 61.4 Å². The molecular weight excluding hydrogens is 322 g/mol. The molecule has 3 atom stereocenters. The van der Waals surface area contributed by atoms with Gasteiger partial charge in [0.2, 0.25) is 0 Å². The zero-order chi connectivity index (χ0) is 15.2. The van der Waals surface area contributed by atoms with Gasteiger partial charge < -0.3 is 5.32 Å². The van der Waals surface area contributed by atoms with Crippen LogP contribution in [0.2, 0.25) is 0 Å². The van der Waals surface area contributed by atoms with Crippen LogP contribution >= 0.6 is 15.9 Å². The van der Waals surface area contributed by atoms with Crippen molar-refractivity contribution in [3.05, 3.63) is 33.8 Å². The Balaban J connectivity index is 2.30. The third kappa shape index (κ3) is 4.32. The van der Waals surface area contributed by atoms with E-state index >= 15 is 0 Å². The number of aryl methyl sites for hydroxylation is 1. The molecule has 0 aromatic heterocycles. The fourth-order valence-corrected chi connectivity index (χ4v) is 4.30. The SMILES string of the molecule is CCCNC(c1cc(Br)ccc1C)C1CCCCC1CC. The summed E-state index contributed by atoms with van der Waals surface area (Å²) in [6.45, 7) is 8.00. The van der Waals surface area contributed by atoms with E-state index in [1.807, 2.05) is 0 Å². The van der Waals surface area contributed by atoms with Gasteiger partial charge in [0.1, 0.15) is 0 Å². The van der Waals surface area contributed by atoms with Gasteiger partial charge in [-0.1, -0.05) is 61.5 Å². The minimum absolute atomic E-state index is 0.521. The maximum Gasteiger partial charge on any atom is 0.0354 e. The smallest absolute Gasteiger partial charge is 0.0354 e. The summed E-state index contributed by atoms with van der Waals surface area (Å²) in [5.74, 6) is 1.68. The van der Waals surface area contributed by atoms with Gasteiger partial charge in [0.05, 0.1) is 0 Å². The Morgan fingerprint density at radius 2 is 2.00 bits per heavy atom. The quantitative estimate of drug-likeness (QED) is 0.661. The second-order valence-electron chi connectivity index (χ2n) is 6.55. The molecule has 21 heavy (non-hydrogen) atoms. The molecule has 0 spiro atoms. The van der Waals surface area contributed by atoms with Crippen molar-refractivity contribution in [3.63, 3.8) is 0 Å². The van der Waals surface area contributed by atoms with E-state index in [1.165, 1.54) is 54.1 Å². The monoisotopic (exact) mass is 351 g/mol. The van der Waals surface area contributed by atoms with Gasteiger partial charge in [0, 0.05) is 10.5 Å². The van der Waals surface area contributed by atoms with Crippen LogP contribution in [0.5, 0.6) is 0 Å². The molecule has 2 rings (SSSR count). The summed E-state index contributed by atoms with van der Waals surface area (Å²) >= 11 is 3.66. The standard InChI is InChI=1S/C19H30BrN/c1-4-12-21-19(17-9-7-6-8-15(17)5-2)18-13-16(20)11-10-14(18)3/h10-11,13,15,17,19,21H,4-9,12H2,1-3H3. The summed E-state index contributed by atoms with van der Waals surface area (Å²) in [4.78, 5) is 0. The van der Waals surface area contributed by atoms with Crippen LogP contribution in [0.15, 0.2) is 22.7 Å². The molecule has 118 valence electrons. The first-order valence-electron chi connectivity index (χ1n) is 8.66. The predicted octanol–water partition coefficient (Wildman–Crippen LogP) is 6.01. The molecule has 1 fully saturated rings. The van der Waals surface area contributed by atoms with Crippen molar-refractivity contribution in [2.24, 2.45) is 11.8 Å². The second kappa shape index (κ2) is 8.33. The van der Waals surface area contributed by atoms with Crippen LogP contribution in [-0.4, -0.2) is 6.54 Å². The first-order chi connectivity index (χ1) is 10.2. The summed E-state index contributed by atoms with van der Waals surface area (Å²) in [7, 11) is 0. The van der Waals surface area contributed by atoms with Crippen molar-refractivity contribution >= 4 is 15.9 Å². The molecule has 1 saturated carbocycles. The fraction of sp³-hybridized carbons (Fsp3) is 0.684. The van der Waals surface area contributed by atoms with E-state index in [-0.39, 0.29) is 0 Å². The molecule has 0 aliphatic heterocycles. The Kier molecular flexibility index (Phi) is 6.75. The first-order valence-corrected chi connectivity index (χ1v) is 9.46. The lowest BCUT2D eigenvalue weighted by Crippen LogP contribution is -2.35.